The van der Waals surface area contributed by atoms with Crippen LogP contribution in [0.15, 0.2) is 41.8 Å². The third-order valence-corrected chi connectivity index (χ3v) is 5.39. The van der Waals surface area contributed by atoms with E-state index in [4.69, 9.17) is 4.74 Å². The van der Waals surface area contributed by atoms with Crippen molar-refractivity contribution in [2.24, 2.45) is 0 Å². The van der Waals surface area contributed by atoms with E-state index in [1.54, 1.807) is 6.07 Å². The van der Waals surface area contributed by atoms with Crippen molar-refractivity contribution < 1.29 is 14.3 Å². The van der Waals surface area contributed by atoms with Crippen molar-refractivity contribution in [3.8, 4) is 5.75 Å². The van der Waals surface area contributed by atoms with Gasteiger partial charge in [0.1, 0.15) is 5.75 Å². The number of hydrogen-bond donors (Lipinski definition) is 1. The Morgan fingerprint density at radius 1 is 1.11 bits per heavy atom. The Kier molecular flexibility index (Phi) is 6.84. The topological polar surface area (TPSA) is 61.9 Å². The zero-order valence-electron chi connectivity index (χ0n) is 15.5. The maximum atomic E-state index is 12.4. The van der Waals surface area contributed by atoms with Gasteiger partial charge in [-0.1, -0.05) is 18.2 Å². The Labute approximate surface area is 163 Å². The molecule has 7 heteroatoms. The van der Waals surface area contributed by atoms with Gasteiger partial charge >= 0.3 is 0 Å². The molecule has 2 aromatic rings. The summed E-state index contributed by atoms with van der Waals surface area (Å²) in [5.74, 6) is 0.606. The predicted octanol–water partition coefficient (Wildman–Crippen LogP) is 2.33. The summed E-state index contributed by atoms with van der Waals surface area (Å²) in [4.78, 5) is 29.7. The van der Waals surface area contributed by atoms with Gasteiger partial charge in [-0.3, -0.25) is 14.5 Å². The molecule has 6 nitrogen and oxygen atoms in total. The first-order valence-corrected chi connectivity index (χ1v) is 10.1. The molecule has 0 unspecified atom stereocenters. The Morgan fingerprint density at radius 3 is 2.59 bits per heavy atom. The van der Waals surface area contributed by atoms with Crippen LogP contribution in [0.25, 0.3) is 0 Å². The van der Waals surface area contributed by atoms with Crippen LogP contribution in [0.3, 0.4) is 0 Å². The average Bonchev–Trinajstić information content (AvgIpc) is 3.23. The third kappa shape index (κ3) is 5.08. The number of thiophene rings is 1. The number of carbonyl (C=O) groups excluding carboxylic acids is 2. The monoisotopic (exact) mass is 387 g/mol. The Bertz CT molecular complexity index is 756. The van der Waals surface area contributed by atoms with E-state index in [9.17, 15) is 9.59 Å². The van der Waals surface area contributed by atoms with Gasteiger partial charge in [-0.25, -0.2) is 0 Å². The van der Waals surface area contributed by atoms with Crippen molar-refractivity contribution in [2.45, 2.75) is 6.92 Å². The van der Waals surface area contributed by atoms with Crippen LogP contribution in [0.5, 0.6) is 5.75 Å². The lowest BCUT2D eigenvalue weighted by molar-refractivity contribution is 0.0643. The largest absolute Gasteiger partial charge is 0.493 e. The molecule has 0 saturated carbocycles. The van der Waals surface area contributed by atoms with E-state index in [-0.39, 0.29) is 11.8 Å². The molecule has 1 saturated heterocycles. The molecule has 1 fully saturated rings. The molecule has 1 aromatic heterocycles. The van der Waals surface area contributed by atoms with Crippen LogP contribution in [0.1, 0.15) is 27.0 Å². The van der Waals surface area contributed by atoms with E-state index < -0.39 is 0 Å². The molecule has 0 atom stereocenters. The minimum Gasteiger partial charge on any atom is -0.493 e. The first-order valence-electron chi connectivity index (χ1n) is 9.24. The maximum Gasteiger partial charge on any atom is 0.264 e. The van der Waals surface area contributed by atoms with E-state index in [2.05, 4.69) is 10.2 Å². The zero-order valence-corrected chi connectivity index (χ0v) is 16.3. The molecule has 27 heavy (non-hydrogen) atoms. The van der Waals surface area contributed by atoms with Crippen LogP contribution < -0.4 is 10.1 Å². The SMILES string of the molecule is CCOc1ccccc1C(=O)NCCN1CCN(C(=O)c2cccs2)CC1. The fraction of sp³-hybridized carbons (Fsp3) is 0.400. The normalized spacial score (nSPS) is 14.8. The van der Waals surface area contributed by atoms with Crippen molar-refractivity contribution in [1.82, 2.24) is 15.1 Å². The fourth-order valence-corrected chi connectivity index (χ4v) is 3.78. The number of piperazine rings is 1. The summed E-state index contributed by atoms with van der Waals surface area (Å²) in [6, 6.07) is 11.0. The van der Waals surface area contributed by atoms with Crippen LogP contribution in [0, 0.1) is 0 Å². The smallest absolute Gasteiger partial charge is 0.264 e. The van der Waals surface area contributed by atoms with Crippen molar-refractivity contribution in [1.29, 1.82) is 0 Å². The van der Waals surface area contributed by atoms with E-state index in [0.29, 0.717) is 24.5 Å². The summed E-state index contributed by atoms with van der Waals surface area (Å²) < 4.78 is 5.51. The molecule has 0 spiro atoms. The first-order chi connectivity index (χ1) is 13.2. The second kappa shape index (κ2) is 9.53. The number of hydrogen-bond acceptors (Lipinski definition) is 5. The molecule has 1 N–H and O–H groups in total. The van der Waals surface area contributed by atoms with Gasteiger partial charge in [0.05, 0.1) is 17.0 Å². The molecular formula is C20H25N3O3S. The summed E-state index contributed by atoms with van der Waals surface area (Å²) in [7, 11) is 0. The van der Waals surface area contributed by atoms with Crippen molar-refractivity contribution in [2.75, 3.05) is 45.9 Å². The number of benzene rings is 1. The highest BCUT2D eigenvalue weighted by atomic mass is 32.1. The summed E-state index contributed by atoms with van der Waals surface area (Å²) in [6.45, 7) is 6.85. The second-order valence-corrected chi connectivity index (χ2v) is 7.24. The van der Waals surface area contributed by atoms with Gasteiger partial charge in [-0.15, -0.1) is 11.3 Å². The Hall–Kier alpha value is -2.38. The molecule has 2 heterocycles. The Morgan fingerprint density at radius 2 is 1.89 bits per heavy atom. The molecule has 2 amide bonds. The lowest BCUT2D eigenvalue weighted by Gasteiger charge is -2.34. The predicted molar refractivity (Wildman–Crippen MR) is 107 cm³/mol. The van der Waals surface area contributed by atoms with Crippen LogP contribution in [-0.4, -0.2) is 67.5 Å². The van der Waals surface area contributed by atoms with E-state index in [1.165, 1.54) is 11.3 Å². The van der Waals surface area contributed by atoms with Gasteiger partial charge in [-0.2, -0.15) is 0 Å². The molecular weight excluding hydrogens is 362 g/mol. The van der Waals surface area contributed by atoms with E-state index in [1.807, 2.05) is 47.5 Å². The number of ether oxygens (including phenoxy) is 1. The van der Waals surface area contributed by atoms with Gasteiger partial charge in [-0.05, 0) is 30.5 Å². The fourth-order valence-electron chi connectivity index (χ4n) is 3.09. The van der Waals surface area contributed by atoms with Gasteiger partial charge in [0.25, 0.3) is 11.8 Å². The molecule has 3 rings (SSSR count). The minimum atomic E-state index is -0.120. The van der Waals surface area contributed by atoms with Gasteiger partial charge in [0.15, 0.2) is 0 Å². The highest BCUT2D eigenvalue weighted by Gasteiger charge is 2.22. The number of carbonyl (C=O) groups is 2. The van der Waals surface area contributed by atoms with Crippen LogP contribution >= 0.6 is 11.3 Å². The summed E-state index contributed by atoms with van der Waals surface area (Å²) in [5, 5.41) is 4.89. The highest BCUT2D eigenvalue weighted by molar-refractivity contribution is 7.12. The van der Waals surface area contributed by atoms with Crippen molar-refractivity contribution in [3.63, 3.8) is 0 Å². The molecule has 0 aliphatic carbocycles. The van der Waals surface area contributed by atoms with E-state index >= 15 is 0 Å². The summed E-state index contributed by atoms with van der Waals surface area (Å²) >= 11 is 1.48. The molecule has 1 aliphatic heterocycles. The van der Waals surface area contributed by atoms with Crippen LogP contribution in [0.4, 0.5) is 0 Å². The lowest BCUT2D eigenvalue weighted by Crippen LogP contribution is -2.50. The minimum absolute atomic E-state index is 0.116. The Balaban J connectivity index is 1.42. The molecule has 0 radical (unpaired) electrons. The summed E-state index contributed by atoms with van der Waals surface area (Å²) in [5.41, 5.74) is 0.561. The zero-order chi connectivity index (χ0) is 19.1. The van der Waals surface area contributed by atoms with Gasteiger partial charge in [0, 0.05) is 39.3 Å². The van der Waals surface area contributed by atoms with Crippen LogP contribution in [0.2, 0.25) is 0 Å². The van der Waals surface area contributed by atoms with Crippen LogP contribution in [-0.2, 0) is 0 Å². The van der Waals surface area contributed by atoms with Gasteiger partial charge in [0.2, 0.25) is 0 Å². The standard InChI is InChI=1S/C20H25N3O3S/c1-2-26-17-7-4-3-6-16(17)19(24)21-9-10-22-11-13-23(14-12-22)20(25)18-8-5-15-27-18/h3-8,15H,2,9-14H2,1H3,(H,21,24). The number of para-hydroxylation sites is 1. The number of nitrogens with one attached hydrogen (secondary N) is 1. The van der Waals surface area contributed by atoms with E-state index in [0.717, 1.165) is 37.6 Å². The third-order valence-electron chi connectivity index (χ3n) is 4.54. The highest BCUT2D eigenvalue weighted by Crippen LogP contribution is 2.17. The quantitative estimate of drug-likeness (QED) is 0.792. The molecule has 1 aromatic carbocycles. The van der Waals surface area contributed by atoms with Gasteiger partial charge < -0.3 is 15.0 Å². The molecule has 144 valence electrons. The molecule has 1 aliphatic rings. The van der Waals surface area contributed by atoms with Crippen molar-refractivity contribution >= 4 is 23.2 Å². The average molecular weight is 388 g/mol. The number of amides is 2. The first kappa shape index (κ1) is 19.4. The van der Waals surface area contributed by atoms with Crippen molar-refractivity contribution in [3.05, 3.63) is 52.2 Å². The molecule has 0 bridgehead atoms. The number of rotatable bonds is 7. The maximum absolute atomic E-state index is 12.4. The second-order valence-electron chi connectivity index (χ2n) is 6.30. The summed E-state index contributed by atoms with van der Waals surface area (Å²) in [6.07, 6.45) is 0. The number of nitrogens with zero attached hydrogens (tertiary/aromatic N) is 2. The lowest BCUT2D eigenvalue weighted by atomic mass is 10.2.